The number of benzene rings is 1. The molecule has 0 atom stereocenters. The fourth-order valence-corrected chi connectivity index (χ4v) is 5.39. The molecule has 1 aliphatic heterocycles. The molecular formula is C26H32N4O3S. The molecule has 1 saturated heterocycles. The van der Waals surface area contributed by atoms with Crippen LogP contribution in [0, 0.1) is 19.8 Å². The van der Waals surface area contributed by atoms with E-state index in [1.54, 1.807) is 22.6 Å². The van der Waals surface area contributed by atoms with Crippen LogP contribution in [0.1, 0.15) is 42.7 Å². The van der Waals surface area contributed by atoms with Crippen molar-refractivity contribution in [2.45, 2.75) is 53.1 Å². The molecule has 0 N–H and O–H groups in total. The maximum absolute atomic E-state index is 12.8. The number of ether oxygens (including phenoxy) is 1. The van der Waals surface area contributed by atoms with E-state index in [1.165, 1.54) is 10.4 Å². The summed E-state index contributed by atoms with van der Waals surface area (Å²) in [5.74, 6) is 0.291. The summed E-state index contributed by atoms with van der Waals surface area (Å²) < 4.78 is 5.47. The second kappa shape index (κ2) is 10.5. The van der Waals surface area contributed by atoms with Crippen molar-refractivity contribution >= 4 is 39.2 Å². The quantitative estimate of drug-likeness (QED) is 0.464. The predicted octanol–water partition coefficient (Wildman–Crippen LogP) is 4.50. The lowest BCUT2D eigenvalue weighted by Gasteiger charge is -2.32. The molecule has 0 spiro atoms. The Labute approximate surface area is 204 Å². The van der Waals surface area contributed by atoms with Gasteiger partial charge in [0.05, 0.1) is 11.3 Å². The van der Waals surface area contributed by atoms with Crippen molar-refractivity contribution in [3.05, 3.63) is 52.7 Å². The third kappa shape index (κ3) is 5.22. The Morgan fingerprint density at radius 3 is 2.53 bits per heavy atom. The van der Waals surface area contributed by atoms with Crippen LogP contribution in [0.5, 0.6) is 0 Å². The van der Waals surface area contributed by atoms with Crippen molar-refractivity contribution < 1.29 is 14.3 Å². The molecule has 0 radical (unpaired) electrons. The first-order valence-corrected chi connectivity index (χ1v) is 12.6. The van der Waals surface area contributed by atoms with Crippen LogP contribution in [0.4, 0.5) is 5.82 Å². The summed E-state index contributed by atoms with van der Waals surface area (Å²) in [6.45, 7) is 9.89. The summed E-state index contributed by atoms with van der Waals surface area (Å²) in [6.07, 6.45) is 2.98. The molecule has 1 fully saturated rings. The van der Waals surface area contributed by atoms with Crippen LogP contribution in [0.2, 0.25) is 0 Å². The van der Waals surface area contributed by atoms with Crippen LogP contribution < -0.4 is 4.90 Å². The number of rotatable bonds is 7. The summed E-state index contributed by atoms with van der Waals surface area (Å²) in [5, 5.41) is 1.11. The van der Waals surface area contributed by atoms with Gasteiger partial charge in [-0.15, -0.1) is 11.3 Å². The zero-order chi connectivity index (χ0) is 24.2. The number of anilines is 1. The first kappa shape index (κ1) is 24.1. The Kier molecular flexibility index (Phi) is 7.46. The number of aryl methyl sites for hydroxylation is 2. The number of amides is 1. The Hall–Kier alpha value is -3.00. The van der Waals surface area contributed by atoms with Crippen molar-refractivity contribution in [1.82, 2.24) is 14.9 Å². The SMILES string of the molecule is Cc1sc2ncnc(N3CCC(C(=O)OCC(=O)N(Cc4ccccc4)C(C)C)CC3)c2c1C. The molecule has 0 unspecified atom stereocenters. The first-order valence-electron chi connectivity index (χ1n) is 11.8. The van der Waals surface area contributed by atoms with E-state index < -0.39 is 0 Å². The minimum atomic E-state index is -0.285. The third-order valence-electron chi connectivity index (χ3n) is 6.55. The van der Waals surface area contributed by atoms with Crippen LogP contribution >= 0.6 is 11.3 Å². The third-order valence-corrected chi connectivity index (χ3v) is 7.67. The molecule has 180 valence electrons. The average Bonchev–Trinajstić information content (AvgIpc) is 3.14. The summed E-state index contributed by atoms with van der Waals surface area (Å²) in [6, 6.07) is 9.87. The molecule has 0 bridgehead atoms. The van der Waals surface area contributed by atoms with Crippen LogP contribution in [0.15, 0.2) is 36.7 Å². The van der Waals surface area contributed by atoms with Gasteiger partial charge in [-0.2, -0.15) is 0 Å². The molecule has 7 nitrogen and oxygen atoms in total. The number of esters is 1. The lowest BCUT2D eigenvalue weighted by atomic mass is 9.97. The number of nitrogens with zero attached hydrogens (tertiary/aromatic N) is 4. The predicted molar refractivity (Wildman–Crippen MR) is 135 cm³/mol. The Morgan fingerprint density at radius 1 is 1.15 bits per heavy atom. The Balaban J connectivity index is 1.32. The normalized spacial score (nSPS) is 14.6. The van der Waals surface area contributed by atoms with E-state index in [9.17, 15) is 9.59 Å². The van der Waals surface area contributed by atoms with Crippen LogP contribution in [0.25, 0.3) is 10.2 Å². The number of carbonyl (C=O) groups is 2. The summed E-state index contributed by atoms with van der Waals surface area (Å²) in [7, 11) is 0. The molecule has 1 aromatic carbocycles. The highest BCUT2D eigenvalue weighted by molar-refractivity contribution is 7.18. The minimum Gasteiger partial charge on any atom is -0.455 e. The molecule has 1 amide bonds. The van der Waals surface area contributed by atoms with Gasteiger partial charge in [-0.3, -0.25) is 9.59 Å². The van der Waals surface area contributed by atoms with E-state index in [0.29, 0.717) is 19.4 Å². The zero-order valence-corrected chi connectivity index (χ0v) is 21.1. The molecule has 0 aliphatic carbocycles. The largest absolute Gasteiger partial charge is 0.455 e. The van der Waals surface area contributed by atoms with Crippen LogP contribution in [0.3, 0.4) is 0 Å². The van der Waals surface area contributed by atoms with E-state index in [-0.39, 0.29) is 30.4 Å². The van der Waals surface area contributed by atoms with Gasteiger partial charge in [0.1, 0.15) is 17.0 Å². The fraction of sp³-hybridized carbons (Fsp3) is 0.462. The van der Waals surface area contributed by atoms with Gasteiger partial charge in [-0.25, -0.2) is 9.97 Å². The molecule has 4 rings (SSSR count). The van der Waals surface area contributed by atoms with Gasteiger partial charge >= 0.3 is 5.97 Å². The highest BCUT2D eigenvalue weighted by atomic mass is 32.1. The van der Waals surface area contributed by atoms with Gasteiger partial charge in [-0.1, -0.05) is 30.3 Å². The van der Waals surface area contributed by atoms with Gasteiger partial charge in [0, 0.05) is 30.6 Å². The van der Waals surface area contributed by atoms with E-state index in [2.05, 4.69) is 28.7 Å². The summed E-state index contributed by atoms with van der Waals surface area (Å²) >= 11 is 1.69. The molecule has 3 aromatic rings. The second-order valence-corrected chi connectivity index (χ2v) is 10.3. The second-order valence-electron chi connectivity index (χ2n) is 9.13. The standard InChI is InChI=1S/C26H32N4O3S/c1-17(2)30(14-20-8-6-5-7-9-20)22(31)15-33-26(32)21-10-12-29(13-11-21)24-23-18(3)19(4)34-25(23)28-16-27-24/h5-9,16-17,21H,10-15H2,1-4H3. The maximum atomic E-state index is 12.8. The molecule has 2 aromatic heterocycles. The number of piperidine rings is 1. The van der Waals surface area contributed by atoms with Crippen molar-refractivity contribution in [1.29, 1.82) is 0 Å². The summed E-state index contributed by atoms with van der Waals surface area (Å²) in [5.41, 5.74) is 2.28. The average molecular weight is 481 g/mol. The number of hydrogen-bond donors (Lipinski definition) is 0. The van der Waals surface area contributed by atoms with Gasteiger partial charge in [0.25, 0.3) is 5.91 Å². The van der Waals surface area contributed by atoms with Gasteiger partial charge in [0.2, 0.25) is 0 Å². The number of thiophene rings is 1. The maximum Gasteiger partial charge on any atom is 0.309 e. The van der Waals surface area contributed by atoms with Crippen LogP contribution in [-0.2, 0) is 20.9 Å². The van der Waals surface area contributed by atoms with Crippen molar-refractivity contribution in [3.63, 3.8) is 0 Å². The monoisotopic (exact) mass is 480 g/mol. The van der Waals surface area contributed by atoms with Gasteiger partial charge in [0.15, 0.2) is 6.61 Å². The number of fused-ring (bicyclic) bond motifs is 1. The van der Waals surface area contributed by atoms with Crippen molar-refractivity contribution in [2.75, 3.05) is 24.6 Å². The number of carbonyl (C=O) groups excluding carboxylic acids is 2. The van der Waals surface area contributed by atoms with Crippen molar-refractivity contribution in [2.24, 2.45) is 5.92 Å². The summed E-state index contributed by atoms with van der Waals surface area (Å²) in [4.78, 5) is 40.8. The highest BCUT2D eigenvalue weighted by Crippen LogP contribution is 2.35. The van der Waals surface area contributed by atoms with Gasteiger partial charge < -0.3 is 14.5 Å². The van der Waals surface area contributed by atoms with E-state index in [0.717, 1.165) is 34.7 Å². The van der Waals surface area contributed by atoms with Gasteiger partial charge in [-0.05, 0) is 51.7 Å². The molecule has 1 aliphatic rings. The van der Waals surface area contributed by atoms with E-state index in [4.69, 9.17) is 4.74 Å². The molecule has 8 heteroatoms. The first-order chi connectivity index (χ1) is 16.3. The Bertz CT molecular complexity index is 1150. The zero-order valence-electron chi connectivity index (χ0n) is 20.3. The van der Waals surface area contributed by atoms with E-state index in [1.807, 2.05) is 44.2 Å². The topological polar surface area (TPSA) is 75.6 Å². The van der Waals surface area contributed by atoms with E-state index >= 15 is 0 Å². The highest BCUT2D eigenvalue weighted by Gasteiger charge is 2.29. The molecule has 3 heterocycles. The molecule has 0 saturated carbocycles. The lowest BCUT2D eigenvalue weighted by Crippen LogP contribution is -2.41. The minimum absolute atomic E-state index is 0.0172. The smallest absolute Gasteiger partial charge is 0.309 e. The fourth-order valence-electron chi connectivity index (χ4n) is 4.40. The lowest BCUT2D eigenvalue weighted by molar-refractivity contribution is -0.157. The Morgan fingerprint density at radius 2 is 1.85 bits per heavy atom. The molecule has 34 heavy (non-hydrogen) atoms. The number of hydrogen-bond acceptors (Lipinski definition) is 7. The number of aromatic nitrogens is 2. The van der Waals surface area contributed by atoms with Crippen LogP contribution in [-0.4, -0.2) is 52.5 Å². The van der Waals surface area contributed by atoms with Crippen molar-refractivity contribution in [3.8, 4) is 0 Å². The molecular weight excluding hydrogens is 448 g/mol.